The molecule has 1 aliphatic carbocycles. The Bertz CT molecular complexity index is 883. The Hall–Kier alpha value is -2.69. The first-order valence-corrected chi connectivity index (χ1v) is 8.88. The molecule has 5 nitrogen and oxygen atoms in total. The van der Waals surface area contributed by atoms with E-state index in [1.165, 1.54) is 0 Å². The topological polar surface area (TPSA) is 51.0 Å². The highest BCUT2D eigenvalue weighted by atomic mass is 16.2. The van der Waals surface area contributed by atoms with Gasteiger partial charge < -0.3 is 9.47 Å². The van der Waals surface area contributed by atoms with Crippen LogP contribution in [0.4, 0.5) is 0 Å². The zero-order valence-electron chi connectivity index (χ0n) is 14.4. The summed E-state index contributed by atoms with van der Waals surface area (Å²) in [6, 6.07) is 12.3. The standard InChI is InChI=1S/C20H22N4O/c1-2-19-22-17-7-3-4-8-18(17)24(19)14-20(25)23(16-9-10-16)13-15-6-5-11-21-12-15/h3-8,11-12,16H,2,9-10,13-14H2,1H3. The van der Waals surface area contributed by atoms with Gasteiger partial charge >= 0.3 is 0 Å². The van der Waals surface area contributed by atoms with Crippen LogP contribution in [0.1, 0.15) is 31.2 Å². The lowest BCUT2D eigenvalue weighted by molar-refractivity contribution is -0.133. The van der Waals surface area contributed by atoms with Crippen LogP contribution in [-0.4, -0.2) is 31.4 Å². The van der Waals surface area contributed by atoms with Gasteiger partial charge in [-0.3, -0.25) is 9.78 Å². The van der Waals surface area contributed by atoms with Gasteiger partial charge in [0.05, 0.1) is 11.0 Å². The maximum atomic E-state index is 13.1. The number of hydrogen-bond donors (Lipinski definition) is 0. The summed E-state index contributed by atoms with van der Waals surface area (Å²) < 4.78 is 2.07. The van der Waals surface area contributed by atoms with E-state index in [-0.39, 0.29) is 5.91 Å². The van der Waals surface area contributed by atoms with E-state index in [1.807, 2.05) is 47.5 Å². The highest BCUT2D eigenvalue weighted by Gasteiger charge is 2.33. The number of amides is 1. The molecule has 0 aliphatic heterocycles. The molecule has 0 radical (unpaired) electrons. The quantitative estimate of drug-likeness (QED) is 0.696. The molecule has 25 heavy (non-hydrogen) atoms. The van der Waals surface area contributed by atoms with E-state index in [4.69, 9.17) is 0 Å². The molecule has 0 N–H and O–H groups in total. The van der Waals surface area contributed by atoms with E-state index in [9.17, 15) is 4.79 Å². The molecule has 0 atom stereocenters. The predicted octanol–water partition coefficient (Wildman–Crippen LogP) is 3.18. The zero-order valence-corrected chi connectivity index (χ0v) is 14.4. The molecule has 1 saturated carbocycles. The Morgan fingerprint density at radius 3 is 2.80 bits per heavy atom. The van der Waals surface area contributed by atoms with Crippen molar-refractivity contribution >= 4 is 16.9 Å². The van der Waals surface area contributed by atoms with Gasteiger partial charge in [0.2, 0.25) is 5.91 Å². The highest BCUT2D eigenvalue weighted by molar-refractivity contribution is 5.81. The van der Waals surface area contributed by atoms with Crippen LogP contribution >= 0.6 is 0 Å². The molecule has 4 rings (SSSR count). The summed E-state index contributed by atoms with van der Waals surface area (Å²) in [6.45, 7) is 3.06. The first-order chi connectivity index (χ1) is 12.3. The molecule has 1 fully saturated rings. The number of benzene rings is 1. The van der Waals surface area contributed by atoms with Crippen LogP contribution in [0.5, 0.6) is 0 Å². The number of aryl methyl sites for hydroxylation is 1. The second-order valence-corrected chi connectivity index (χ2v) is 6.57. The molecule has 2 heterocycles. The van der Waals surface area contributed by atoms with Crippen LogP contribution < -0.4 is 0 Å². The number of nitrogens with zero attached hydrogens (tertiary/aromatic N) is 4. The zero-order chi connectivity index (χ0) is 17.2. The van der Waals surface area contributed by atoms with Crippen LogP contribution in [0.25, 0.3) is 11.0 Å². The van der Waals surface area contributed by atoms with Crippen molar-refractivity contribution in [1.82, 2.24) is 19.4 Å². The van der Waals surface area contributed by atoms with Gasteiger partial charge in [-0.25, -0.2) is 4.98 Å². The average molecular weight is 334 g/mol. The van der Waals surface area contributed by atoms with Gasteiger partial charge in [0.15, 0.2) is 0 Å². The van der Waals surface area contributed by atoms with Crippen LogP contribution in [0, 0.1) is 0 Å². The van der Waals surface area contributed by atoms with Gasteiger partial charge in [0.1, 0.15) is 12.4 Å². The predicted molar refractivity (Wildman–Crippen MR) is 96.9 cm³/mol. The van der Waals surface area contributed by atoms with Crippen molar-refractivity contribution in [3.8, 4) is 0 Å². The van der Waals surface area contributed by atoms with Gasteiger partial charge in [0, 0.05) is 31.4 Å². The van der Waals surface area contributed by atoms with Crippen molar-refractivity contribution in [3.63, 3.8) is 0 Å². The Labute approximate surface area is 147 Å². The molecule has 2 aromatic heterocycles. The fourth-order valence-corrected chi connectivity index (χ4v) is 3.29. The maximum Gasteiger partial charge on any atom is 0.243 e. The van der Waals surface area contributed by atoms with Crippen molar-refractivity contribution in [1.29, 1.82) is 0 Å². The molecule has 0 bridgehead atoms. The molecule has 1 aromatic carbocycles. The number of pyridine rings is 1. The molecule has 0 spiro atoms. The normalized spacial score (nSPS) is 14.0. The molecule has 0 unspecified atom stereocenters. The van der Waals surface area contributed by atoms with Crippen molar-refractivity contribution in [3.05, 3.63) is 60.2 Å². The third-order valence-electron chi connectivity index (χ3n) is 4.73. The van der Waals surface area contributed by atoms with E-state index < -0.39 is 0 Å². The first kappa shape index (κ1) is 15.8. The number of aromatic nitrogens is 3. The third kappa shape index (κ3) is 3.27. The molecule has 1 aliphatic rings. The summed E-state index contributed by atoms with van der Waals surface area (Å²) in [5, 5.41) is 0. The van der Waals surface area contributed by atoms with Gasteiger partial charge in [-0.1, -0.05) is 25.1 Å². The Balaban J connectivity index is 1.60. The second-order valence-electron chi connectivity index (χ2n) is 6.57. The minimum atomic E-state index is 0.157. The molecule has 3 aromatic rings. The van der Waals surface area contributed by atoms with Gasteiger partial charge in [-0.05, 0) is 36.6 Å². The summed E-state index contributed by atoms with van der Waals surface area (Å²) in [4.78, 5) is 23.9. The number of carbonyl (C=O) groups excluding carboxylic acids is 1. The average Bonchev–Trinajstić information content (AvgIpc) is 3.43. The molecular formula is C20H22N4O. The Morgan fingerprint density at radius 1 is 1.24 bits per heavy atom. The number of carbonyl (C=O) groups is 1. The summed E-state index contributed by atoms with van der Waals surface area (Å²) in [7, 11) is 0. The third-order valence-corrected chi connectivity index (χ3v) is 4.73. The smallest absolute Gasteiger partial charge is 0.243 e. The fourth-order valence-electron chi connectivity index (χ4n) is 3.29. The number of fused-ring (bicyclic) bond motifs is 1. The lowest BCUT2D eigenvalue weighted by atomic mass is 10.2. The molecule has 1 amide bonds. The second kappa shape index (κ2) is 6.67. The van der Waals surface area contributed by atoms with Gasteiger partial charge in [-0.15, -0.1) is 0 Å². The van der Waals surface area contributed by atoms with Crippen LogP contribution in [0.15, 0.2) is 48.8 Å². The maximum absolute atomic E-state index is 13.1. The Kier molecular flexibility index (Phi) is 4.22. The highest BCUT2D eigenvalue weighted by Crippen LogP contribution is 2.29. The van der Waals surface area contributed by atoms with E-state index in [2.05, 4.69) is 21.5 Å². The lowest BCUT2D eigenvalue weighted by Crippen LogP contribution is -2.35. The number of para-hydroxylation sites is 2. The molecule has 5 heteroatoms. The van der Waals surface area contributed by atoms with Crippen molar-refractivity contribution in [2.24, 2.45) is 0 Å². The summed E-state index contributed by atoms with van der Waals surface area (Å²) in [5.41, 5.74) is 3.07. The van der Waals surface area contributed by atoms with E-state index in [1.54, 1.807) is 6.20 Å². The SMILES string of the molecule is CCc1nc2ccccc2n1CC(=O)N(Cc1cccnc1)C1CC1. The first-order valence-electron chi connectivity index (χ1n) is 8.88. The van der Waals surface area contributed by atoms with Crippen molar-refractivity contribution in [2.45, 2.75) is 45.3 Å². The number of hydrogen-bond acceptors (Lipinski definition) is 3. The van der Waals surface area contributed by atoms with E-state index in [0.717, 1.165) is 41.7 Å². The molecule has 128 valence electrons. The Morgan fingerprint density at radius 2 is 2.08 bits per heavy atom. The van der Waals surface area contributed by atoms with Gasteiger partial charge in [0.25, 0.3) is 0 Å². The van der Waals surface area contributed by atoms with Gasteiger partial charge in [-0.2, -0.15) is 0 Å². The van der Waals surface area contributed by atoms with Crippen molar-refractivity contribution < 1.29 is 4.79 Å². The summed E-state index contributed by atoms with van der Waals surface area (Å²) >= 11 is 0. The lowest BCUT2D eigenvalue weighted by Gasteiger charge is -2.23. The fraction of sp³-hybridized carbons (Fsp3) is 0.350. The molecule has 0 saturated heterocycles. The van der Waals surface area contributed by atoms with Crippen LogP contribution in [0.2, 0.25) is 0 Å². The van der Waals surface area contributed by atoms with E-state index >= 15 is 0 Å². The summed E-state index contributed by atoms with van der Waals surface area (Å²) in [6.07, 6.45) is 6.60. The number of imidazole rings is 1. The largest absolute Gasteiger partial charge is 0.334 e. The minimum absolute atomic E-state index is 0.157. The van der Waals surface area contributed by atoms with E-state index in [0.29, 0.717) is 19.1 Å². The van der Waals surface area contributed by atoms with Crippen molar-refractivity contribution in [2.75, 3.05) is 0 Å². The van der Waals surface area contributed by atoms with Crippen LogP contribution in [0.3, 0.4) is 0 Å². The number of rotatable bonds is 6. The van der Waals surface area contributed by atoms with Crippen LogP contribution in [-0.2, 0) is 24.3 Å². The summed E-state index contributed by atoms with van der Waals surface area (Å²) in [5.74, 6) is 1.12. The monoisotopic (exact) mass is 334 g/mol. The minimum Gasteiger partial charge on any atom is -0.334 e. The molecular weight excluding hydrogens is 312 g/mol.